The number of aliphatic hydroxyl groups is 1. The van der Waals surface area contributed by atoms with Crippen LogP contribution in [0.4, 0.5) is 0 Å². The van der Waals surface area contributed by atoms with Crippen molar-refractivity contribution in [3.63, 3.8) is 0 Å². The van der Waals surface area contributed by atoms with E-state index >= 15 is 0 Å². The van der Waals surface area contributed by atoms with Gasteiger partial charge in [0.15, 0.2) is 5.82 Å². The summed E-state index contributed by atoms with van der Waals surface area (Å²) < 4.78 is 9.05. The fraction of sp³-hybridized carbons (Fsp3) is 0.556. The zero-order valence-electron chi connectivity index (χ0n) is 15.9. The predicted octanol–water partition coefficient (Wildman–Crippen LogP) is 1.61. The van der Waals surface area contributed by atoms with Crippen molar-refractivity contribution < 1.29 is 9.63 Å². The van der Waals surface area contributed by atoms with E-state index in [4.69, 9.17) is 4.52 Å². The summed E-state index contributed by atoms with van der Waals surface area (Å²) in [7, 11) is 1.82. The molecule has 0 bridgehead atoms. The molecule has 1 unspecified atom stereocenters. The first-order chi connectivity index (χ1) is 13.0. The van der Waals surface area contributed by atoms with Gasteiger partial charge < -0.3 is 9.63 Å². The maximum atomic E-state index is 10.7. The average Bonchev–Trinajstić information content (AvgIpc) is 3.33. The molecule has 9 heteroatoms. The fourth-order valence-electron chi connectivity index (χ4n) is 3.38. The normalized spacial score (nSPS) is 16.5. The first kappa shape index (κ1) is 17.9. The molecule has 0 aromatic carbocycles. The van der Waals surface area contributed by atoms with Crippen molar-refractivity contribution in [3.05, 3.63) is 47.1 Å². The van der Waals surface area contributed by atoms with E-state index in [1.54, 1.807) is 10.9 Å². The van der Waals surface area contributed by atoms with Crippen molar-refractivity contribution in [2.75, 3.05) is 6.54 Å². The van der Waals surface area contributed by atoms with Crippen molar-refractivity contribution in [1.82, 2.24) is 34.6 Å². The molecular weight excluding hydrogens is 346 g/mol. The number of hydrogen-bond donors (Lipinski definition) is 1. The lowest BCUT2D eigenvalue weighted by atomic mass is 10.2. The van der Waals surface area contributed by atoms with Crippen LogP contribution in [0.5, 0.6) is 0 Å². The van der Waals surface area contributed by atoms with E-state index in [1.165, 1.54) is 0 Å². The highest BCUT2D eigenvalue weighted by atomic mass is 16.5. The second-order valence-corrected chi connectivity index (χ2v) is 7.33. The molecule has 3 aromatic heterocycles. The van der Waals surface area contributed by atoms with Gasteiger partial charge in [-0.15, -0.1) is 0 Å². The Morgan fingerprint density at radius 2 is 2.15 bits per heavy atom. The van der Waals surface area contributed by atoms with Crippen molar-refractivity contribution in [2.45, 2.75) is 51.9 Å². The van der Waals surface area contributed by atoms with Crippen LogP contribution in [-0.4, -0.2) is 46.3 Å². The molecule has 1 aliphatic rings. The monoisotopic (exact) mass is 371 g/mol. The Balaban J connectivity index is 1.50. The van der Waals surface area contributed by atoms with Crippen LogP contribution in [0, 0.1) is 0 Å². The SMILES string of the molecule is CC(C)c1noc(CN2CCCn3nc(C(O)c4ccnn4C)cc3C2)n1. The number of aliphatic hydroxyl groups excluding tert-OH is 1. The zero-order chi connectivity index (χ0) is 19.0. The first-order valence-corrected chi connectivity index (χ1v) is 9.28. The molecule has 3 aromatic rings. The molecule has 1 N–H and O–H groups in total. The van der Waals surface area contributed by atoms with Gasteiger partial charge in [0.25, 0.3) is 0 Å². The summed E-state index contributed by atoms with van der Waals surface area (Å²) in [6.07, 6.45) is 1.87. The molecule has 0 radical (unpaired) electrons. The summed E-state index contributed by atoms with van der Waals surface area (Å²) in [5, 5.41) is 23.4. The lowest BCUT2D eigenvalue weighted by molar-refractivity contribution is 0.203. The van der Waals surface area contributed by atoms with Crippen LogP contribution in [-0.2, 0) is 26.7 Å². The second kappa shape index (κ2) is 7.24. The number of aryl methyl sites for hydroxylation is 2. The van der Waals surface area contributed by atoms with Crippen LogP contribution in [0.3, 0.4) is 0 Å². The van der Waals surface area contributed by atoms with Crippen molar-refractivity contribution >= 4 is 0 Å². The smallest absolute Gasteiger partial charge is 0.240 e. The van der Waals surface area contributed by atoms with Crippen LogP contribution in [0.2, 0.25) is 0 Å². The molecule has 0 aliphatic carbocycles. The Hall–Kier alpha value is -2.52. The number of nitrogens with zero attached hydrogens (tertiary/aromatic N) is 7. The van der Waals surface area contributed by atoms with Gasteiger partial charge in [-0.25, -0.2) is 0 Å². The van der Waals surface area contributed by atoms with Gasteiger partial charge in [0.1, 0.15) is 6.10 Å². The molecule has 0 amide bonds. The Labute approximate surface area is 157 Å². The molecule has 0 spiro atoms. The largest absolute Gasteiger partial charge is 0.380 e. The van der Waals surface area contributed by atoms with Gasteiger partial charge in [-0.05, 0) is 18.6 Å². The summed E-state index contributed by atoms with van der Waals surface area (Å²) in [4.78, 5) is 6.75. The minimum absolute atomic E-state index is 0.254. The van der Waals surface area contributed by atoms with Crippen LogP contribution < -0.4 is 0 Å². The van der Waals surface area contributed by atoms with Gasteiger partial charge in [0.2, 0.25) is 5.89 Å². The molecule has 4 heterocycles. The Kier molecular flexibility index (Phi) is 4.79. The molecule has 4 rings (SSSR count). The van der Waals surface area contributed by atoms with E-state index in [1.807, 2.05) is 37.7 Å². The zero-order valence-corrected chi connectivity index (χ0v) is 15.9. The maximum absolute atomic E-state index is 10.7. The highest BCUT2D eigenvalue weighted by molar-refractivity contribution is 5.21. The lowest BCUT2D eigenvalue weighted by Crippen LogP contribution is -2.23. The number of rotatable bonds is 5. The highest BCUT2D eigenvalue weighted by Gasteiger charge is 2.23. The van der Waals surface area contributed by atoms with E-state index in [2.05, 4.69) is 25.2 Å². The van der Waals surface area contributed by atoms with Gasteiger partial charge in [-0.1, -0.05) is 19.0 Å². The summed E-state index contributed by atoms with van der Waals surface area (Å²) >= 11 is 0. The number of aromatic nitrogens is 6. The van der Waals surface area contributed by atoms with E-state index in [0.717, 1.165) is 43.3 Å². The van der Waals surface area contributed by atoms with Crippen molar-refractivity contribution in [3.8, 4) is 0 Å². The molecule has 9 nitrogen and oxygen atoms in total. The summed E-state index contributed by atoms with van der Waals surface area (Å²) in [6.45, 7) is 7.20. The third kappa shape index (κ3) is 3.65. The summed E-state index contributed by atoms with van der Waals surface area (Å²) in [5.41, 5.74) is 2.45. The quantitative estimate of drug-likeness (QED) is 0.727. The molecule has 0 saturated carbocycles. The van der Waals surface area contributed by atoms with Crippen LogP contribution in [0.15, 0.2) is 22.9 Å². The first-order valence-electron chi connectivity index (χ1n) is 9.28. The van der Waals surface area contributed by atoms with Crippen LogP contribution in [0.25, 0.3) is 0 Å². The average molecular weight is 371 g/mol. The minimum Gasteiger partial charge on any atom is -0.380 e. The number of fused-ring (bicyclic) bond motifs is 1. The molecule has 1 atom stereocenters. The van der Waals surface area contributed by atoms with Gasteiger partial charge in [0.05, 0.1) is 23.6 Å². The van der Waals surface area contributed by atoms with Gasteiger partial charge >= 0.3 is 0 Å². The summed E-state index contributed by atoms with van der Waals surface area (Å²) in [5.74, 6) is 1.64. The van der Waals surface area contributed by atoms with E-state index in [9.17, 15) is 5.11 Å². The third-order valence-electron chi connectivity index (χ3n) is 4.89. The molecule has 0 fully saturated rings. The molecule has 144 valence electrons. The standard InChI is InChI=1S/C18H25N7O2/c1-12(2)18-20-16(27-22-18)11-24-7-4-8-25-13(10-24)9-14(21-25)17(26)15-5-6-19-23(15)3/h5-6,9,12,17,26H,4,7-8,10-11H2,1-3H3. The highest BCUT2D eigenvalue weighted by Crippen LogP contribution is 2.23. The molecule has 0 saturated heterocycles. The van der Waals surface area contributed by atoms with E-state index < -0.39 is 6.10 Å². The van der Waals surface area contributed by atoms with Gasteiger partial charge in [0, 0.05) is 38.8 Å². The third-order valence-corrected chi connectivity index (χ3v) is 4.89. The predicted molar refractivity (Wildman–Crippen MR) is 96.6 cm³/mol. The topological polar surface area (TPSA) is 98.0 Å². The Morgan fingerprint density at radius 1 is 1.30 bits per heavy atom. The van der Waals surface area contributed by atoms with Crippen molar-refractivity contribution in [2.24, 2.45) is 7.05 Å². The molecule has 1 aliphatic heterocycles. The van der Waals surface area contributed by atoms with Crippen LogP contribution in [0.1, 0.15) is 61.1 Å². The fourth-order valence-corrected chi connectivity index (χ4v) is 3.38. The lowest BCUT2D eigenvalue weighted by Gasteiger charge is -2.16. The van der Waals surface area contributed by atoms with E-state index in [0.29, 0.717) is 18.1 Å². The summed E-state index contributed by atoms with van der Waals surface area (Å²) in [6, 6.07) is 3.78. The van der Waals surface area contributed by atoms with Crippen molar-refractivity contribution in [1.29, 1.82) is 0 Å². The Bertz CT molecular complexity index is 911. The van der Waals surface area contributed by atoms with E-state index in [-0.39, 0.29) is 5.92 Å². The second-order valence-electron chi connectivity index (χ2n) is 7.33. The molecule has 27 heavy (non-hydrogen) atoms. The maximum Gasteiger partial charge on any atom is 0.240 e. The van der Waals surface area contributed by atoms with Crippen LogP contribution >= 0.6 is 0 Å². The minimum atomic E-state index is -0.782. The number of hydrogen-bond acceptors (Lipinski definition) is 7. The van der Waals surface area contributed by atoms with Gasteiger partial charge in [-0.3, -0.25) is 14.3 Å². The van der Waals surface area contributed by atoms with Gasteiger partial charge in [-0.2, -0.15) is 15.2 Å². The Morgan fingerprint density at radius 3 is 2.85 bits per heavy atom. The molecular formula is C18H25N7O2.